The molecule has 5 nitrogen and oxygen atoms in total. The van der Waals surface area contributed by atoms with Gasteiger partial charge < -0.3 is 15.0 Å². The predicted octanol–water partition coefficient (Wildman–Crippen LogP) is 4.07. The first-order valence-corrected chi connectivity index (χ1v) is 8.50. The van der Waals surface area contributed by atoms with Crippen molar-refractivity contribution in [3.63, 3.8) is 0 Å². The van der Waals surface area contributed by atoms with Gasteiger partial charge in [0.15, 0.2) is 0 Å². The van der Waals surface area contributed by atoms with Gasteiger partial charge in [-0.05, 0) is 40.2 Å². The Hall–Kier alpha value is -2.18. The zero-order chi connectivity index (χ0) is 16.9. The van der Waals surface area contributed by atoms with Gasteiger partial charge in [0.1, 0.15) is 0 Å². The molecule has 6 heteroatoms. The third-order valence-electron chi connectivity index (χ3n) is 3.79. The summed E-state index contributed by atoms with van der Waals surface area (Å²) in [6.07, 6.45) is 3.44. The molecule has 2 heterocycles. The van der Waals surface area contributed by atoms with E-state index in [2.05, 4.69) is 61.4 Å². The lowest BCUT2D eigenvalue weighted by Crippen LogP contribution is -2.36. The molecule has 1 N–H and O–H groups in total. The van der Waals surface area contributed by atoms with Crippen molar-refractivity contribution in [2.24, 2.45) is 0 Å². The number of ether oxygens (including phenoxy) is 1. The van der Waals surface area contributed by atoms with Gasteiger partial charge in [0.2, 0.25) is 5.95 Å². The van der Waals surface area contributed by atoms with Crippen molar-refractivity contribution in [2.75, 3.05) is 36.5 Å². The van der Waals surface area contributed by atoms with Gasteiger partial charge in [-0.1, -0.05) is 19.2 Å². The highest BCUT2D eigenvalue weighted by Gasteiger charge is 2.11. The van der Waals surface area contributed by atoms with Gasteiger partial charge in [0.05, 0.1) is 18.9 Å². The van der Waals surface area contributed by atoms with E-state index in [0.29, 0.717) is 10.4 Å². The summed E-state index contributed by atoms with van der Waals surface area (Å²) in [6.45, 7) is 11.1. The van der Waals surface area contributed by atoms with Crippen molar-refractivity contribution in [3.05, 3.63) is 54.9 Å². The number of rotatable bonds is 5. The third kappa shape index (κ3) is 3.83. The largest absolute Gasteiger partial charge is 0.378 e. The highest BCUT2D eigenvalue weighted by molar-refractivity contribution is 9.15. The number of nitrogens with zero attached hydrogens (tertiary/aromatic N) is 3. The first-order valence-electron chi connectivity index (χ1n) is 7.71. The Balaban J connectivity index is 1.75. The van der Waals surface area contributed by atoms with Crippen LogP contribution in [0.5, 0.6) is 0 Å². The molecule has 1 aromatic carbocycles. The lowest BCUT2D eigenvalue weighted by molar-refractivity contribution is 0.122. The quantitative estimate of drug-likeness (QED) is 0.839. The molecule has 0 saturated carbocycles. The Bertz CT molecular complexity index is 739. The molecular weight excluding hydrogens is 368 g/mol. The molecule has 0 amide bonds. The Kier molecular flexibility index (Phi) is 5.27. The first-order chi connectivity index (χ1) is 11.7. The van der Waals surface area contributed by atoms with Gasteiger partial charge >= 0.3 is 0 Å². The van der Waals surface area contributed by atoms with Gasteiger partial charge in [-0.25, -0.2) is 9.97 Å². The number of anilines is 3. The van der Waals surface area contributed by atoms with Crippen molar-refractivity contribution >= 4 is 43.8 Å². The van der Waals surface area contributed by atoms with Crippen LogP contribution in [0.4, 0.5) is 17.3 Å². The molecule has 1 aliphatic heterocycles. The van der Waals surface area contributed by atoms with Crippen LogP contribution < -0.4 is 10.2 Å². The summed E-state index contributed by atoms with van der Waals surface area (Å²) >= 11 is 3.37. The molecule has 0 spiro atoms. The summed E-state index contributed by atoms with van der Waals surface area (Å²) in [5, 5.41) is 3.22. The predicted molar refractivity (Wildman–Crippen MR) is 103 cm³/mol. The average molecular weight is 387 g/mol. The summed E-state index contributed by atoms with van der Waals surface area (Å²) < 4.78 is 6.08. The molecule has 0 bridgehead atoms. The molecule has 0 radical (unpaired) electrons. The van der Waals surface area contributed by atoms with E-state index in [0.717, 1.165) is 43.2 Å². The van der Waals surface area contributed by atoms with Gasteiger partial charge in [0, 0.05) is 40.7 Å². The second-order valence-corrected chi connectivity index (χ2v) is 6.34. The molecule has 24 heavy (non-hydrogen) atoms. The van der Waals surface area contributed by atoms with E-state index >= 15 is 0 Å². The van der Waals surface area contributed by atoms with Gasteiger partial charge in [-0.15, -0.1) is 0 Å². The standard InChI is InChI=1S/C18H19BrN4O/c1-3-14-12-20-18(22-17(14)13(2)19)21-15-4-6-16(7-5-15)23-8-10-24-11-9-23/h3-7,12H,1-2,8-11H2,(H,20,21,22). The van der Waals surface area contributed by atoms with Gasteiger partial charge in [0.25, 0.3) is 0 Å². The first kappa shape index (κ1) is 16.7. The summed E-state index contributed by atoms with van der Waals surface area (Å²) in [7, 11) is 0. The van der Waals surface area contributed by atoms with E-state index in [-0.39, 0.29) is 0 Å². The number of benzene rings is 1. The van der Waals surface area contributed by atoms with Crippen LogP contribution in [0.3, 0.4) is 0 Å². The maximum absolute atomic E-state index is 5.38. The lowest BCUT2D eigenvalue weighted by atomic mass is 10.2. The fourth-order valence-electron chi connectivity index (χ4n) is 2.52. The molecular formula is C18H19BrN4O. The minimum Gasteiger partial charge on any atom is -0.378 e. The highest BCUT2D eigenvalue weighted by Crippen LogP contribution is 2.24. The molecule has 3 rings (SSSR count). The lowest BCUT2D eigenvalue weighted by Gasteiger charge is -2.28. The molecule has 124 valence electrons. The van der Waals surface area contributed by atoms with Crippen molar-refractivity contribution in [1.82, 2.24) is 9.97 Å². The summed E-state index contributed by atoms with van der Waals surface area (Å²) in [5.74, 6) is 0.523. The molecule has 1 aromatic heterocycles. The third-order valence-corrected chi connectivity index (χ3v) is 4.17. The molecule has 1 fully saturated rings. The Morgan fingerprint density at radius 1 is 1.25 bits per heavy atom. The van der Waals surface area contributed by atoms with Crippen molar-refractivity contribution in [3.8, 4) is 0 Å². The maximum Gasteiger partial charge on any atom is 0.227 e. The van der Waals surface area contributed by atoms with E-state index in [9.17, 15) is 0 Å². The summed E-state index contributed by atoms with van der Waals surface area (Å²) in [5.41, 5.74) is 3.70. The monoisotopic (exact) mass is 386 g/mol. The fourth-order valence-corrected chi connectivity index (χ4v) is 2.84. The highest BCUT2D eigenvalue weighted by atomic mass is 79.9. The van der Waals surface area contributed by atoms with E-state index in [1.165, 1.54) is 5.69 Å². The Labute approximate surface area is 150 Å². The van der Waals surface area contributed by atoms with E-state index < -0.39 is 0 Å². The van der Waals surface area contributed by atoms with Crippen molar-refractivity contribution < 1.29 is 4.74 Å². The van der Waals surface area contributed by atoms with Crippen LogP contribution in [-0.4, -0.2) is 36.3 Å². The van der Waals surface area contributed by atoms with Crippen LogP contribution in [0.2, 0.25) is 0 Å². The zero-order valence-electron chi connectivity index (χ0n) is 13.3. The van der Waals surface area contributed by atoms with Crippen molar-refractivity contribution in [1.29, 1.82) is 0 Å². The summed E-state index contributed by atoms with van der Waals surface area (Å²) in [6, 6.07) is 8.24. The number of halogens is 1. The van der Waals surface area contributed by atoms with E-state index in [1.807, 2.05) is 12.1 Å². The van der Waals surface area contributed by atoms with Crippen LogP contribution in [-0.2, 0) is 4.74 Å². The average Bonchev–Trinajstić information content (AvgIpc) is 2.63. The minimum atomic E-state index is 0.523. The van der Waals surface area contributed by atoms with E-state index in [1.54, 1.807) is 12.3 Å². The molecule has 0 aliphatic carbocycles. The second-order valence-electron chi connectivity index (χ2n) is 5.38. The number of nitrogens with one attached hydrogen (secondary N) is 1. The minimum absolute atomic E-state index is 0.523. The van der Waals surface area contributed by atoms with Gasteiger partial charge in [-0.2, -0.15) is 0 Å². The van der Waals surface area contributed by atoms with Crippen LogP contribution in [0.15, 0.2) is 43.6 Å². The molecule has 2 aromatic rings. The van der Waals surface area contributed by atoms with Crippen molar-refractivity contribution in [2.45, 2.75) is 0 Å². The molecule has 0 atom stereocenters. The van der Waals surface area contributed by atoms with Crippen LogP contribution in [0, 0.1) is 0 Å². The molecule has 1 aliphatic rings. The number of aromatic nitrogens is 2. The number of hydrogen-bond donors (Lipinski definition) is 1. The normalized spacial score (nSPS) is 14.3. The topological polar surface area (TPSA) is 50.3 Å². The molecule has 1 saturated heterocycles. The fraction of sp³-hybridized carbons (Fsp3) is 0.222. The smallest absolute Gasteiger partial charge is 0.227 e. The molecule has 0 unspecified atom stereocenters. The van der Waals surface area contributed by atoms with Crippen LogP contribution >= 0.6 is 15.9 Å². The SMILES string of the molecule is C=Cc1cnc(Nc2ccc(N3CCOCC3)cc2)nc1C(=C)Br. The Morgan fingerprint density at radius 3 is 2.58 bits per heavy atom. The number of hydrogen-bond acceptors (Lipinski definition) is 5. The van der Waals surface area contributed by atoms with Crippen LogP contribution in [0.1, 0.15) is 11.3 Å². The summed E-state index contributed by atoms with van der Waals surface area (Å²) in [4.78, 5) is 11.1. The zero-order valence-corrected chi connectivity index (χ0v) is 14.9. The second kappa shape index (κ2) is 7.59. The number of morpholine rings is 1. The maximum atomic E-state index is 5.38. The van der Waals surface area contributed by atoms with Crippen LogP contribution in [0.25, 0.3) is 10.6 Å². The Morgan fingerprint density at radius 2 is 1.96 bits per heavy atom. The van der Waals surface area contributed by atoms with E-state index in [4.69, 9.17) is 4.74 Å². The van der Waals surface area contributed by atoms with Gasteiger partial charge in [-0.3, -0.25) is 0 Å².